The highest BCUT2D eigenvalue weighted by atomic mass is 16.5. The first-order chi connectivity index (χ1) is 10.3. The number of ether oxygens (including phenoxy) is 1. The van der Waals surface area contributed by atoms with E-state index in [9.17, 15) is 4.79 Å². The number of rotatable bonds is 4. The van der Waals surface area contributed by atoms with Crippen molar-refractivity contribution in [3.63, 3.8) is 0 Å². The fourth-order valence-electron chi connectivity index (χ4n) is 2.41. The van der Waals surface area contributed by atoms with Gasteiger partial charge in [-0.05, 0) is 30.2 Å². The zero-order chi connectivity index (χ0) is 14.7. The summed E-state index contributed by atoms with van der Waals surface area (Å²) in [7, 11) is 0. The van der Waals surface area contributed by atoms with Gasteiger partial charge in [0.05, 0.1) is 19.3 Å². The molecule has 0 atom stereocenters. The van der Waals surface area contributed by atoms with Crippen molar-refractivity contribution in [1.29, 1.82) is 0 Å². The zero-order valence-corrected chi connectivity index (χ0v) is 11.8. The second-order valence-electron chi connectivity index (χ2n) is 4.83. The van der Waals surface area contributed by atoms with Crippen molar-refractivity contribution in [2.24, 2.45) is 0 Å². The molecule has 0 saturated carbocycles. The minimum absolute atomic E-state index is 0.207. The molecule has 0 fully saturated rings. The summed E-state index contributed by atoms with van der Waals surface area (Å²) in [5.41, 5.74) is 3.89. The van der Waals surface area contributed by atoms with Crippen molar-refractivity contribution in [2.75, 3.05) is 6.61 Å². The van der Waals surface area contributed by atoms with Gasteiger partial charge in [-0.15, -0.1) is 0 Å². The molecular formula is C18H16O3. The lowest BCUT2D eigenvalue weighted by Crippen LogP contribution is -2.07. The largest absolute Gasteiger partial charge is 0.466 e. The Morgan fingerprint density at radius 3 is 2.71 bits per heavy atom. The van der Waals surface area contributed by atoms with Gasteiger partial charge in [0.1, 0.15) is 5.58 Å². The maximum absolute atomic E-state index is 11.6. The quantitative estimate of drug-likeness (QED) is 0.672. The smallest absolute Gasteiger partial charge is 0.310 e. The van der Waals surface area contributed by atoms with Gasteiger partial charge < -0.3 is 9.15 Å². The molecular weight excluding hydrogens is 264 g/mol. The molecule has 1 aromatic heterocycles. The van der Waals surface area contributed by atoms with Crippen LogP contribution in [0.25, 0.3) is 22.1 Å². The molecule has 2 aromatic carbocycles. The molecule has 3 rings (SSSR count). The highest BCUT2D eigenvalue weighted by Crippen LogP contribution is 2.31. The van der Waals surface area contributed by atoms with Crippen LogP contribution in [-0.2, 0) is 16.0 Å². The number of hydrogen-bond donors (Lipinski definition) is 0. The minimum atomic E-state index is -0.207. The average Bonchev–Trinajstić information content (AvgIpc) is 2.91. The molecule has 0 aliphatic rings. The van der Waals surface area contributed by atoms with Gasteiger partial charge in [0.2, 0.25) is 0 Å². The van der Waals surface area contributed by atoms with Gasteiger partial charge in [0.15, 0.2) is 0 Å². The standard InChI is InChI=1S/C18H16O3/c1-2-20-18(19)11-13-8-9-17-15(10-13)16(12-21-17)14-6-4-3-5-7-14/h3-10,12H,2,11H2,1H3. The van der Waals surface area contributed by atoms with Gasteiger partial charge in [-0.2, -0.15) is 0 Å². The van der Waals surface area contributed by atoms with Crippen LogP contribution in [0.3, 0.4) is 0 Å². The van der Waals surface area contributed by atoms with Crippen LogP contribution in [-0.4, -0.2) is 12.6 Å². The third kappa shape index (κ3) is 2.82. The Morgan fingerprint density at radius 1 is 1.14 bits per heavy atom. The maximum Gasteiger partial charge on any atom is 0.310 e. The Bertz CT molecular complexity index is 756. The van der Waals surface area contributed by atoms with E-state index in [1.165, 1.54) is 0 Å². The molecule has 0 bridgehead atoms. The first-order valence-electron chi connectivity index (χ1n) is 6.99. The fourth-order valence-corrected chi connectivity index (χ4v) is 2.41. The molecule has 106 valence electrons. The Labute approximate surface area is 123 Å². The van der Waals surface area contributed by atoms with Crippen LogP contribution < -0.4 is 0 Å². The molecule has 0 saturated heterocycles. The van der Waals surface area contributed by atoms with Crippen molar-refractivity contribution < 1.29 is 13.9 Å². The number of benzene rings is 2. The van der Waals surface area contributed by atoms with E-state index in [0.717, 1.165) is 27.7 Å². The second kappa shape index (κ2) is 5.83. The Morgan fingerprint density at radius 2 is 1.95 bits per heavy atom. The van der Waals surface area contributed by atoms with E-state index < -0.39 is 0 Å². The summed E-state index contributed by atoms with van der Waals surface area (Å²) < 4.78 is 10.6. The van der Waals surface area contributed by atoms with E-state index in [4.69, 9.17) is 9.15 Å². The monoisotopic (exact) mass is 280 g/mol. The van der Waals surface area contributed by atoms with Gasteiger partial charge in [0.25, 0.3) is 0 Å². The zero-order valence-electron chi connectivity index (χ0n) is 11.8. The number of hydrogen-bond acceptors (Lipinski definition) is 3. The van der Waals surface area contributed by atoms with Gasteiger partial charge in [-0.25, -0.2) is 0 Å². The average molecular weight is 280 g/mol. The molecule has 0 amide bonds. The van der Waals surface area contributed by atoms with Gasteiger partial charge in [-0.1, -0.05) is 36.4 Å². The molecule has 3 heteroatoms. The third-order valence-electron chi connectivity index (χ3n) is 3.38. The number of furan rings is 1. The van der Waals surface area contributed by atoms with Gasteiger partial charge in [-0.3, -0.25) is 4.79 Å². The number of fused-ring (bicyclic) bond motifs is 1. The summed E-state index contributed by atoms with van der Waals surface area (Å²) in [5, 5.41) is 1.02. The Balaban J connectivity index is 1.98. The molecule has 3 nitrogen and oxygen atoms in total. The van der Waals surface area contributed by atoms with Crippen LogP contribution in [0.15, 0.2) is 59.2 Å². The second-order valence-corrected chi connectivity index (χ2v) is 4.83. The first kappa shape index (κ1) is 13.4. The first-order valence-corrected chi connectivity index (χ1v) is 6.99. The Hall–Kier alpha value is -2.55. The normalized spacial score (nSPS) is 10.7. The molecule has 0 unspecified atom stereocenters. The Kier molecular flexibility index (Phi) is 3.73. The topological polar surface area (TPSA) is 39.4 Å². The van der Waals surface area contributed by atoms with Gasteiger partial charge >= 0.3 is 5.97 Å². The van der Waals surface area contributed by atoms with Crippen LogP contribution in [0, 0.1) is 0 Å². The van der Waals surface area contributed by atoms with E-state index in [1.807, 2.05) is 55.5 Å². The van der Waals surface area contributed by atoms with Crippen LogP contribution in [0.2, 0.25) is 0 Å². The summed E-state index contributed by atoms with van der Waals surface area (Å²) in [6.45, 7) is 2.22. The predicted molar refractivity (Wildman–Crippen MR) is 82.0 cm³/mol. The van der Waals surface area contributed by atoms with Crippen molar-refractivity contribution in [2.45, 2.75) is 13.3 Å². The summed E-state index contributed by atoms with van der Waals surface area (Å²) in [6.07, 6.45) is 2.04. The predicted octanol–water partition coefficient (Wildman–Crippen LogP) is 4.21. The lowest BCUT2D eigenvalue weighted by atomic mass is 10.0. The lowest BCUT2D eigenvalue weighted by Gasteiger charge is -2.03. The summed E-state index contributed by atoms with van der Waals surface area (Å²) >= 11 is 0. The highest BCUT2D eigenvalue weighted by molar-refractivity contribution is 5.94. The van der Waals surface area contributed by atoms with E-state index >= 15 is 0 Å². The SMILES string of the molecule is CCOC(=O)Cc1ccc2occ(-c3ccccc3)c2c1. The number of carbonyl (C=O) groups excluding carboxylic acids is 1. The molecule has 3 aromatic rings. The van der Waals surface area contributed by atoms with Crippen LogP contribution in [0.1, 0.15) is 12.5 Å². The maximum atomic E-state index is 11.6. The van der Waals surface area contributed by atoms with Crippen molar-refractivity contribution in [3.8, 4) is 11.1 Å². The molecule has 1 heterocycles. The summed E-state index contributed by atoms with van der Waals surface area (Å²) in [4.78, 5) is 11.6. The molecule has 0 aliphatic heterocycles. The van der Waals surface area contributed by atoms with E-state index in [2.05, 4.69) is 0 Å². The number of esters is 1. The van der Waals surface area contributed by atoms with E-state index in [0.29, 0.717) is 6.61 Å². The van der Waals surface area contributed by atoms with Crippen molar-refractivity contribution >= 4 is 16.9 Å². The third-order valence-corrected chi connectivity index (χ3v) is 3.38. The van der Waals surface area contributed by atoms with Crippen LogP contribution >= 0.6 is 0 Å². The molecule has 0 N–H and O–H groups in total. The fraction of sp³-hybridized carbons (Fsp3) is 0.167. The number of carbonyl (C=O) groups is 1. The van der Waals surface area contributed by atoms with Crippen molar-refractivity contribution in [1.82, 2.24) is 0 Å². The minimum Gasteiger partial charge on any atom is -0.466 e. The van der Waals surface area contributed by atoms with Crippen molar-refractivity contribution in [3.05, 3.63) is 60.4 Å². The lowest BCUT2D eigenvalue weighted by molar-refractivity contribution is -0.142. The van der Waals surface area contributed by atoms with Crippen LogP contribution in [0.5, 0.6) is 0 Å². The summed E-state index contributed by atoms with van der Waals surface area (Å²) in [5.74, 6) is -0.207. The molecule has 0 spiro atoms. The summed E-state index contributed by atoms with van der Waals surface area (Å²) in [6, 6.07) is 15.9. The molecule has 0 radical (unpaired) electrons. The molecule has 21 heavy (non-hydrogen) atoms. The van der Waals surface area contributed by atoms with Gasteiger partial charge in [0, 0.05) is 10.9 Å². The van der Waals surface area contributed by atoms with E-state index in [1.54, 1.807) is 6.26 Å². The molecule has 0 aliphatic carbocycles. The van der Waals surface area contributed by atoms with Crippen LogP contribution in [0.4, 0.5) is 0 Å². The van der Waals surface area contributed by atoms with E-state index in [-0.39, 0.29) is 12.4 Å². The highest BCUT2D eigenvalue weighted by Gasteiger charge is 2.10.